The van der Waals surface area contributed by atoms with E-state index in [-0.39, 0.29) is 13.1 Å². The number of hydrogen-bond donors (Lipinski definition) is 1. The van der Waals surface area contributed by atoms with E-state index in [9.17, 15) is 9.59 Å². The number of tetrazole rings is 1. The van der Waals surface area contributed by atoms with E-state index < -0.39 is 13.3 Å². The van der Waals surface area contributed by atoms with Gasteiger partial charge in [0.1, 0.15) is 0 Å². The van der Waals surface area contributed by atoms with Crippen molar-refractivity contribution < 1.29 is 4.79 Å². The maximum Gasteiger partial charge on any atom is 0.365 e. The van der Waals surface area contributed by atoms with Crippen molar-refractivity contribution in [1.29, 1.82) is 0 Å². The van der Waals surface area contributed by atoms with Crippen LogP contribution in [-0.2, 0) is 0 Å². The van der Waals surface area contributed by atoms with Crippen LogP contribution in [0.3, 0.4) is 0 Å². The number of hydrogen-bond acceptors (Lipinski definition) is 6. The smallest absolute Gasteiger partial charge is 0.276 e. The number of carbonyl (C=O) groups excluding carboxylic acids is 1. The van der Waals surface area contributed by atoms with E-state index in [4.69, 9.17) is 11.6 Å². The van der Waals surface area contributed by atoms with Crippen molar-refractivity contribution in [2.45, 2.75) is 33.6 Å². The number of rotatable bonds is 2. The molecule has 1 N–H and O–H groups in total. The number of aromatic nitrogens is 6. The van der Waals surface area contributed by atoms with Gasteiger partial charge >= 0.3 is 5.69 Å². The molecule has 0 saturated carbocycles. The molecule has 0 amide bonds. The molecule has 3 aromatic heterocycles. The minimum atomic E-state index is -0.611. The van der Waals surface area contributed by atoms with E-state index in [1.165, 1.54) is 12.4 Å². The Balaban J connectivity index is 0.000000403. The Morgan fingerprint density at radius 2 is 1.63 bits per heavy atom. The molecule has 0 spiro atoms. The standard InChI is InChI=1S/C6H4ClNO.C6H5N5O.C4H12Si.CH4/c7-6(9)5-2-1-3-8-4-5;12-6-8-9-10-11(6)5-2-1-3-7-4-5;1-5(2,3)4;/h1-4H;1-4H,(H,8,10,12);1-4H3;1H4. The summed E-state index contributed by atoms with van der Waals surface area (Å²) in [6, 6.07) is 6.71. The molecule has 0 aliphatic heterocycles. The van der Waals surface area contributed by atoms with E-state index in [0.717, 1.165) is 4.68 Å². The third kappa shape index (κ3) is 10.8. The number of carbonyl (C=O) groups is 1. The maximum atomic E-state index is 11.0. The first kappa shape index (κ1) is 24.3. The second kappa shape index (κ2) is 11.9. The molecular formula is C17H25ClN6O2Si. The van der Waals surface area contributed by atoms with E-state index >= 15 is 0 Å². The lowest BCUT2D eigenvalue weighted by atomic mass is 10.3. The zero-order valence-corrected chi connectivity index (χ0v) is 16.8. The SMILES string of the molecule is C.C[Si](C)(C)C.O=C(Cl)c1cccnc1.O=c1[nH]nnn1-c1cccnc1. The minimum absolute atomic E-state index is 0. The molecular weight excluding hydrogens is 384 g/mol. The summed E-state index contributed by atoms with van der Waals surface area (Å²) in [6.07, 6.45) is 6.16. The Hall–Kier alpha value is -2.65. The van der Waals surface area contributed by atoms with Gasteiger partial charge in [-0.15, -0.1) is 0 Å². The quantitative estimate of drug-likeness (QED) is 0.514. The predicted octanol–water partition coefficient (Wildman–Crippen LogP) is 3.40. The molecule has 0 aliphatic carbocycles. The van der Waals surface area contributed by atoms with Crippen LogP contribution in [0, 0.1) is 0 Å². The molecule has 10 heteroatoms. The van der Waals surface area contributed by atoms with Gasteiger partial charge in [-0.25, -0.2) is 9.89 Å². The molecule has 8 nitrogen and oxygen atoms in total. The monoisotopic (exact) mass is 408 g/mol. The molecule has 146 valence electrons. The summed E-state index contributed by atoms with van der Waals surface area (Å²) in [4.78, 5) is 28.9. The molecule has 0 bridgehead atoms. The van der Waals surface area contributed by atoms with Crippen LogP contribution < -0.4 is 5.69 Å². The lowest BCUT2D eigenvalue weighted by molar-refractivity contribution is 0.108. The fourth-order valence-corrected chi connectivity index (χ4v) is 1.44. The maximum absolute atomic E-state index is 11.0. The Morgan fingerprint density at radius 3 is 1.96 bits per heavy atom. The molecule has 0 aromatic carbocycles. The normalized spacial score (nSPS) is 9.67. The van der Waals surface area contributed by atoms with Crippen molar-refractivity contribution in [3.63, 3.8) is 0 Å². The third-order valence-corrected chi connectivity index (χ3v) is 2.47. The fourth-order valence-electron chi connectivity index (χ4n) is 1.32. The van der Waals surface area contributed by atoms with Gasteiger partial charge in [0.25, 0.3) is 5.24 Å². The summed E-state index contributed by atoms with van der Waals surface area (Å²) >= 11 is 5.12. The van der Waals surface area contributed by atoms with Crippen LogP contribution in [0.15, 0.2) is 53.8 Å². The first-order chi connectivity index (χ1) is 12.2. The van der Waals surface area contributed by atoms with Gasteiger partial charge in [-0.2, -0.15) is 4.68 Å². The number of aromatic amines is 1. The van der Waals surface area contributed by atoms with Crippen molar-refractivity contribution in [2.75, 3.05) is 0 Å². The highest BCUT2D eigenvalue weighted by Crippen LogP contribution is 1.99. The Bertz CT molecular complexity index is 841. The summed E-state index contributed by atoms with van der Waals surface area (Å²) in [7, 11) is -0.611. The molecule has 0 saturated heterocycles. The van der Waals surface area contributed by atoms with Crippen LogP contribution in [0.25, 0.3) is 5.69 Å². The average Bonchev–Trinajstić information content (AvgIpc) is 3.02. The second-order valence-electron chi connectivity index (χ2n) is 6.64. The van der Waals surface area contributed by atoms with Crippen molar-refractivity contribution in [2.24, 2.45) is 0 Å². The van der Waals surface area contributed by atoms with E-state index in [1.807, 2.05) is 0 Å². The number of nitrogens with one attached hydrogen (secondary N) is 1. The largest absolute Gasteiger partial charge is 0.365 e. The third-order valence-electron chi connectivity index (χ3n) is 2.25. The molecule has 0 aliphatic rings. The van der Waals surface area contributed by atoms with E-state index in [0.29, 0.717) is 11.3 Å². The number of H-pyrrole nitrogens is 1. The fraction of sp³-hybridized carbons (Fsp3) is 0.294. The molecule has 0 unspecified atom stereocenters. The Morgan fingerprint density at radius 1 is 1.07 bits per heavy atom. The molecule has 3 aromatic rings. The molecule has 0 atom stereocenters. The highest BCUT2D eigenvalue weighted by atomic mass is 35.5. The van der Waals surface area contributed by atoms with Crippen LogP contribution in [0.1, 0.15) is 17.8 Å². The lowest BCUT2D eigenvalue weighted by Gasteiger charge is -2.01. The van der Waals surface area contributed by atoms with Gasteiger partial charge in [0, 0.05) is 26.7 Å². The molecule has 3 heterocycles. The summed E-state index contributed by atoms with van der Waals surface area (Å²) in [6.45, 7) is 9.31. The molecule has 0 radical (unpaired) electrons. The van der Waals surface area contributed by atoms with Crippen molar-refractivity contribution in [3.05, 3.63) is 65.1 Å². The second-order valence-corrected chi connectivity index (χ2v) is 13.0. The zero-order valence-electron chi connectivity index (χ0n) is 15.0. The highest BCUT2D eigenvalue weighted by molar-refractivity contribution is 6.74. The van der Waals surface area contributed by atoms with Crippen molar-refractivity contribution in [3.8, 4) is 5.69 Å². The van der Waals surface area contributed by atoms with Gasteiger partial charge < -0.3 is 0 Å². The minimum Gasteiger partial charge on any atom is -0.276 e. The van der Waals surface area contributed by atoms with E-state index in [1.54, 1.807) is 36.7 Å². The molecule has 0 fully saturated rings. The van der Waals surface area contributed by atoms with Gasteiger partial charge in [-0.3, -0.25) is 14.8 Å². The topological polar surface area (TPSA) is 106 Å². The first-order valence-corrected chi connectivity index (χ1v) is 12.1. The van der Waals surface area contributed by atoms with Crippen LogP contribution in [0.5, 0.6) is 0 Å². The Kier molecular flexibility index (Phi) is 10.7. The Labute approximate surface area is 164 Å². The number of halogens is 1. The summed E-state index contributed by atoms with van der Waals surface area (Å²) in [5.41, 5.74) is 0.651. The van der Waals surface area contributed by atoms with Crippen LogP contribution in [0.2, 0.25) is 26.2 Å². The number of pyridine rings is 2. The predicted molar refractivity (Wildman–Crippen MR) is 110 cm³/mol. The van der Waals surface area contributed by atoms with Gasteiger partial charge in [0.05, 0.1) is 17.4 Å². The van der Waals surface area contributed by atoms with Crippen LogP contribution in [-0.4, -0.2) is 43.5 Å². The summed E-state index contributed by atoms with van der Waals surface area (Å²) < 4.78 is 1.13. The summed E-state index contributed by atoms with van der Waals surface area (Å²) in [5.74, 6) is 0. The van der Waals surface area contributed by atoms with Gasteiger partial charge in [-0.05, 0) is 46.3 Å². The first-order valence-electron chi connectivity index (χ1n) is 7.69. The van der Waals surface area contributed by atoms with Gasteiger partial charge in [0.15, 0.2) is 0 Å². The van der Waals surface area contributed by atoms with Crippen LogP contribution >= 0.6 is 11.6 Å². The molecule has 27 heavy (non-hydrogen) atoms. The van der Waals surface area contributed by atoms with Crippen molar-refractivity contribution in [1.82, 2.24) is 30.2 Å². The molecule has 3 rings (SSSR count). The van der Waals surface area contributed by atoms with Gasteiger partial charge in [0.2, 0.25) is 0 Å². The zero-order chi connectivity index (χ0) is 19.6. The summed E-state index contributed by atoms with van der Waals surface area (Å²) in [5, 5.41) is 8.61. The van der Waals surface area contributed by atoms with Crippen LogP contribution in [0.4, 0.5) is 0 Å². The average molecular weight is 409 g/mol. The van der Waals surface area contributed by atoms with Gasteiger partial charge in [-0.1, -0.05) is 33.6 Å². The highest BCUT2D eigenvalue weighted by Gasteiger charge is 2.00. The van der Waals surface area contributed by atoms with E-state index in [2.05, 4.69) is 51.7 Å². The number of nitrogens with zero attached hydrogens (tertiary/aromatic N) is 5. The van der Waals surface area contributed by atoms with Crippen molar-refractivity contribution >= 4 is 24.9 Å². The lowest BCUT2D eigenvalue weighted by Crippen LogP contribution is -2.15.